The SMILES string of the molecule is OC(CN1CCOCC1)c1ccc(Nc2nn(CC3CC3)c3ccccc23)cc1. The first kappa shape index (κ1) is 18.6. The van der Waals surface area contributed by atoms with E-state index in [4.69, 9.17) is 9.84 Å². The Hall–Kier alpha value is -2.41. The van der Waals surface area contributed by atoms with E-state index in [2.05, 4.69) is 39.2 Å². The minimum absolute atomic E-state index is 0.485. The fourth-order valence-electron chi connectivity index (χ4n) is 3.96. The van der Waals surface area contributed by atoms with Crippen LogP contribution < -0.4 is 5.32 Å². The van der Waals surface area contributed by atoms with Crippen molar-refractivity contribution < 1.29 is 9.84 Å². The van der Waals surface area contributed by atoms with Gasteiger partial charge in [-0.25, -0.2) is 0 Å². The molecular weight excluding hydrogens is 364 g/mol. The largest absolute Gasteiger partial charge is 0.387 e. The van der Waals surface area contributed by atoms with Gasteiger partial charge in [0.2, 0.25) is 0 Å². The normalized spacial score (nSPS) is 18.8. The van der Waals surface area contributed by atoms with Crippen molar-refractivity contribution in [1.82, 2.24) is 14.7 Å². The fraction of sp³-hybridized carbons (Fsp3) is 0.435. The number of aliphatic hydroxyl groups excluding tert-OH is 1. The average Bonchev–Trinajstić information content (AvgIpc) is 3.51. The predicted octanol–water partition coefficient (Wildman–Crippen LogP) is 3.56. The van der Waals surface area contributed by atoms with Crippen LogP contribution in [0.2, 0.25) is 0 Å². The Morgan fingerprint density at radius 2 is 1.83 bits per heavy atom. The summed E-state index contributed by atoms with van der Waals surface area (Å²) >= 11 is 0. The van der Waals surface area contributed by atoms with Gasteiger partial charge in [-0.3, -0.25) is 9.58 Å². The van der Waals surface area contributed by atoms with E-state index in [0.717, 1.165) is 61.2 Å². The highest BCUT2D eigenvalue weighted by Crippen LogP contribution is 2.33. The number of hydrogen-bond acceptors (Lipinski definition) is 5. The summed E-state index contributed by atoms with van der Waals surface area (Å²) in [5, 5.41) is 20.0. The van der Waals surface area contributed by atoms with Crippen molar-refractivity contribution in [1.29, 1.82) is 0 Å². The molecular formula is C23H28N4O2. The Morgan fingerprint density at radius 1 is 1.07 bits per heavy atom. The second kappa shape index (κ2) is 8.14. The van der Waals surface area contributed by atoms with E-state index in [1.165, 1.54) is 18.4 Å². The Labute approximate surface area is 171 Å². The van der Waals surface area contributed by atoms with Crippen molar-refractivity contribution in [2.45, 2.75) is 25.5 Å². The third-order valence-corrected chi connectivity index (χ3v) is 5.88. The van der Waals surface area contributed by atoms with Gasteiger partial charge in [0.1, 0.15) is 0 Å². The van der Waals surface area contributed by atoms with Gasteiger partial charge in [0.15, 0.2) is 5.82 Å². The van der Waals surface area contributed by atoms with Gasteiger partial charge >= 0.3 is 0 Å². The molecule has 2 aromatic carbocycles. The predicted molar refractivity (Wildman–Crippen MR) is 114 cm³/mol. The Bertz CT molecular complexity index is 959. The molecule has 1 saturated heterocycles. The van der Waals surface area contributed by atoms with Crippen LogP contribution in [0.5, 0.6) is 0 Å². The molecule has 2 N–H and O–H groups in total. The zero-order chi connectivity index (χ0) is 19.6. The third-order valence-electron chi connectivity index (χ3n) is 5.88. The number of aliphatic hydroxyl groups is 1. The van der Waals surface area contributed by atoms with E-state index >= 15 is 0 Å². The minimum atomic E-state index is -0.485. The Morgan fingerprint density at radius 3 is 2.59 bits per heavy atom. The lowest BCUT2D eigenvalue weighted by Gasteiger charge is -2.28. The van der Waals surface area contributed by atoms with Crippen LogP contribution in [-0.4, -0.2) is 52.6 Å². The second-order valence-electron chi connectivity index (χ2n) is 8.17. The number of fused-ring (bicyclic) bond motifs is 1. The summed E-state index contributed by atoms with van der Waals surface area (Å²) in [5.74, 6) is 1.67. The third kappa shape index (κ3) is 4.29. The van der Waals surface area contributed by atoms with Crippen LogP contribution in [0.25, 0.3) is 10.9 Å². The van der Waals surface area contributed by atoms with Crippen molar-refractivity contribution in [3.63, 3.8) is 0 Å². The highest BCUT2D eigenvalue weighted by atomic mass is 16.5. The molecule has 152 valence electrons. The van der Waals surface area contributed by atoms with E-state index in [-0.39, 0.29) is 0 Å². The molecule has 29 heavy (non-hydrogen) atoms. The molecule has 1 aliphatic heterocycles. The number of anilines is 2. The average molecular weight is 393 g/mol. The van der Waals surface area contributed by atoms with Crippen LogP contribution in [-0.2, 0) is 11.3 Å². The van der Waals surface area contributed by atoms with Gasteiger partial charge < -0.3 is 15.2 Å². The van der Waals surface area contributed by atoms with Crippen molar-refractivity contribution in [3.05, 3.63) is 54.1 Å². The summed E-state index contributed by atoms with van der Waals surface area (Å²) in [6, 6.07) is 16.4. The van der Waals surface area contributed by atoms with Crippen LogP contribution in [0.1, 0.15) is 24.5 Å². The van der Waals surface area contributed by atoms with Crippen LogP contribution in [0.15, 0.2) is 48.5 Å². The van der Waals surface area contributed by atoms with Gasteiger partial charge in [-0.05, 0) is 48.6 Å². The van der Waals surface area contributed by atoms with Crippen molar-refractivity contribution in [2.75, 3.05) is 38.2 Å². The number of β-amino-alcohol motifs (C(OH)–C–C–N with tert-alkyl or cyclic N) is 1. The molecule has 1 unspecified atom stereocenters. The monoisotopic (exact) mass is 392 g/mol. The van der Waals surface area contributed by atoms with Crippen LogP contribution in [0.4, 0.5) is 11.5 Å². The number of ether oxygens (including phenoxy) is 1. The fourth-order valence-corrected chi connectivity index (χ4v) is 3.96. The Kier molecular flexibility index (Phi) is 5.23. The number of aromatic nitrogens is 2. The van der Waals surface area contributed by atoms with E-state index in [1.807, 2.05) is 24.3 Å². The highest BCUT2D eigenvalue weighted by Gasteiger charge is 2.23. The first-order valence-electron chi connectivity index (χ1n) is 10.6. The molecule has 5 rings (SSSR count). The van der Waals surface area contributed by atoms with Gasteiger partial charge in [0.25, 0.3) is 0 Å². The number of para-hydroxylation sites is 1. The molecule has 1 aromatic heterocycles. The van der Waals surface area contributed by atoms with Crippen molar-refractivity contribution in [2.24, 2.45) is 5.92 Å². The lowest BCUT2D eigenvalue weighted by atomic mass is 10.1. The van der Waals surface area contributed by atoms with Crippen LogP contribution in [0.3, 0.4) is 0 Å². The molecule has 2 fully saturated rings. The van der Waals surface area contributed by atoms with Gasteiger partial charge in [-0.2, -0.15) is 5.10 Å². The molecule has 1 atom stereocenters. The standard InChI is InChI=1S/C23H28N4O2/c28-22(16-26-11-13-29-14-12-26)18-7-9-19(10-8-18)24-23-20-3-1-2-4-21(20)27(25-23)15-17-5-6-17/h1-4,7-10,17,22,28H,5-6,11-16H2,(H,24,25). The Balaban J connectivity index is 1.29. The van der Waals surface area contributed by atoms with E-state index in [9.17, 15) is 5.11 Å². The maximum atomic E-state index is 10.6. The summed E-state index contributed by atoms with van der Waals surface area (Å²) in [4.78, 5) is 2.25. The zero-order valence-electron chi connectivity index (χ0n) is 16.6. The van der Waals surface area contributed by atoms with E-state index < -0.39 is 6.10 Å². The molecule has 0 spiro atoms. The second-order valence-corrected chi connectivity index (χ2v) is 8.17. The number of hydrogen-bond donors (Lipinski definition) is 2. The lowest BCUT2D eigenvalue weighted by Crippen LogP contribution is -2.38. The molecule has 6 heteroatoms. The summed E-state index contributed by atoms with van der Waals surface area (Å²) in [6.07, 6.45) is 2.14. The molecule has 0 radical (unpaired) electrons. The van der Waals surface area contributed by atoms with Gasteiger partial charge in [-0.15, -0.1) is 0 Å². The number of rotatable bonds is 7. The topological polar surface area (TPSA) is 62.6 Å². The molecule has 2 aliphatic rings. The lowest BCUT2D eigenvalue weighted by molar-refractivity contribution is 0.0143. The van der Waals surface area contributed by atoms with E-state index in [0.29, 0.717) is 6.54 Å². The first-order chi connectivity index (χ1) is 14.3. The minimum Gasteiger partial charge on any atom is -0.387 e. The first-order valence-corrected chi connectivity index (χ1v) is 10.6. The summed E-state index contributed by atoms with van der Waals surface area (Å²) in [7, 11) is 0. The quantitative estimate of drug-likeness (QED) is 0.644. The summed E-state index contributed by atoms with van der Waals surface area (Å²) in [5.41, 5.74) is 3.10. The number of nitrogens with zero attached hydrogens (tertiary/aromatic N) is 3. The molecule has 6 nitrogen and oxygen atoms in total. The van der Waals surface area contributed by atoms with Gasteiger partial charge in [0, 0.05) is 37.3 Å². The smallest absolute Gasteiger partial charge is 0.160 e. The maximum Gasteiger partial charge on any atom is 0.160 e. The number of benzene rings is 2. The zero-order valence-corrected chi connectivity index (χ0v) is 16.6. The molecule has 0 bridgehead atoms. The van der Waals surface area contributed by atoms with Crippen molar-refractivity contribution in [3.8, 4) is 0 Å². The van der Waals surface area contributed by atoms with Crippen LogP contribution in [0, 0.1) is 5.92 Å². The molecule has 3 aromatic rings. The van der Waals surface area contributed by atoms with Gasteiger partial charge in [0.05, 0.1) is 24.8 Å². The number of morpholine rings is 1. The molecule has 1 aliphatic carbocycles. The summed E-state index contributed by atoms with van der Waals surface area (Å²) in [6.45, 7) is 4.90. The molecule has 2 heterocycles. The van der Waals surface area contributed by atoms with E-state index in [1.54, 1.807) is 0 Å². The van der Waals surface area contributed by atoms with Gasteiger partial charge in [-0.1, -0.05) is 24.3 Å². The molecule has 0 amide bonds. The highest BCUT2D eigenvalue weighted by molar-refractivity contribution is 5.91. The molecule has 1 saturated carbocycles. The number of nitrogens with one attached hydrogen (secondary N) is 1. The summed E-state index contributed by atoms with van der Waals surface area (Å²) < 4.78 is 7.51. The van der Waals surface area contributed by atoms with Crippen LogP contribution >= 0.6 is 0 Å². The maximum absolute atomic E-state index is 10.6. The van der Waals surface area contributed by atoms with Crippen molar-refractivity contribution >= 4 is 22.4 Å².